The molecule has 5 nitrogen and oxygen atoms in total. The van der Waals surface area contributed by atoms with Crippen LogP contribution in [0.25, 0.3) is 0 Å². The fourth-order valence-corrected chi connectivity index (χ4v) is 2.04. The molecule has 1 aliphatic rings. The highest BCUT2D eigenvalue weighted by atomic mass is 16.1. The molecule has 0 aromatic carbocycles. The topological polar surface area (TPSA) is 80.0 Å². The van der Waals surface area contributed by atoms with Crippen molar-refractivity contribution in [3.05, 3.63) is 23.5 Å². The summed E-state index contributed by atoms with van der Waals surface area (Å²) in [6.07, 6.45) is 4.14. The molecule has 1 heterocycles. The van der Waals surface area contributed by atoms with Crippen LogP contribution in [0.2, 0.25) is 0 Å². The number of hydrogen-bond donors (Lipinski definition) is 3. The Balaban J connectivity index is 1.99. The van der Waals surface area contributed by atoms with Gasteiger partial charge in [-0.2, -0.15) is 0 Å². The minimum Gasteiger partial charge on any atom is -0.352 e. The Morgan fingerprint density at radius 1 is 1.61 bits per heavy atom. The highest BCUT2D eigenvalue weighted by Crippen LogP contribution is 2.36. The van der Waals surface area contributed by atoms with E-state index in [0.29, 0.717) is 23.7 Å². The van der Waals surface area contributed by atoms with Gasteiger partial charge in [0.25, 0.3) is 5.91 Å². The van der Waals surface area contributed by atoms with Crippen LogP contribution in [0, 0.1) is 18.8 Å². The molecule has 98 valence electrons. The van der Waals surface area contributed by atoms with Gasteiger partial charge < -0.3 is 10.7 Å². The van der Waals surface area contributed by atoms with E-state index in [2.05, 4.69) is 22.7 Å². The molecular formula is C13H20N4O. The van der Waals surface area contributed by atoms with E-state index in [4.69, 9.17) is 5.84 Å². The number of carbonyl (C=O) groups is 1. The van der Waals surface area contributed by atoms with E-state index in [1.165, 1.54) is 12.8 Å². The molecule has 1 amide bonds. The van der Waals surface area contributed by atoms with E-state index in [9.17, 15) is 4.79 Å². The van der Waals surface area contributed by atoms with Gasteiger partial charge >= 0.3 is 0 Å². The second-order valence-corrected chi connectivity index (χ2v) is 5.04. The summed E-state index contributed by atoms with van der Waals surface area (Å²) in [5.74, 6) is 6.62. The number of pyridine rings is 1. The molecule has 1 atom stereocenters. The van der Waals surface area contributed by atoms with Crippen LogP contribution in [-0.2, 0) is 0 Å². The molecule has 0 aliphatic heterocycles. The van der Waals surface area contributed by atoms with Crippen molar-refractivity contribution in [2.24, 2.45) is 17.7 Å². The Hall–Kier alpha value is -1.62. The molecule has 2 rings (SSSR count). The Morgan fingerprint density at radius 3 is 2.94 bits per heavy atom. The standard InChI is InChI=1S/C13H20N4O/c1-8(10-3-4-10)6-16-13(18)11-7-15-9(2)5-12(11)17-14/h5,7-8,10H,3-4,6,14H2,1-2H3,(H,15,17)(H,16,18). The zero-order valence-electron chi connectivity index (χ0n) is 10.9. The van der Waals surface area contributed by atoms with Crippen molar-refractivity contribution in [1.82, 2.24) is 10.3 Å². The number of carbonyl (C=O) groups excluding carboxylic acids is 1. The van der Waals surface area contributed by atoms with Gasteiger partial charge in [-0.3, -0.25) is 15.6 Å². The first-order valence-corrected chi connectivity index (χ1v) is 6.33. The highest BCUT2D eigenvalue weighted by molar-refractivity contribution is 5.99. The summed E-state index contributed by atoms with van der Waals surface area (Å²) in [6, 6.07) is 1.76. The Kier molecular flexibility index (Phi) is 3.81. The van der Waals surface area contributed by atoms with Gasteiger partial charge in [0.15, 0.2) is 0 Å². The van der Waals surface area contributed by atoms with Crippen LogP contribution in [0.1, 0.15) is 35.8 Å². The number of anilines is 1. The molecular weight excluding hydrogens is 228 g/mol. The largest absolute Gasteiger partial charge is 0.352 e. The SMILES string of the molecule is Cc1cc(NN)c(C(=O)NCC(C)C2CC2)cn1. The summed E-state index contributed by atoms with van der Waals surface area (Å²) in [4.78, 5) is 16.2. The maximum absolute atomic E-state index is 12.0. The first-order valence-electron chi connectivity index (χ1n) is 6.33. The van der Waals surface area contributed by atoms with Gasteiger partial charge in [-0.05, 0) is 37.7 Å². The molecule has 0 radical (unpaired) electrons. The second-order valence-electron chi connectivity index (χ2n) is 5.04. The van der Waals surface area contributed by atoms with Crippen LogP contribution in [0.5, 0.6) is 0 Å². The lowest BCUT2D eigenvalue weighted by atomic mass is 10.1. The lowest BCUT2D eigenvalue weighted by molar-refractivity contribution is 0.0947. The second kappa shape index (κ2) is 5.35. The van der Waals surface area contributed by atoms with E-state index in [1.807, 2.05) is 6.92 Å². The number of rotatable bonds is 5. The molecule has 1 aromatic heterocycles. The zero-order valence-corrected chi connectivity index (χ0v) is 10.9. The maximum Gasteiger partial charge on any atom is 0.255 e. The molecule has 1 aliphatic carbocycles. The Bertz CT molecular complexity index is 443. The molecule has 1 aromatic rings. The van der Waals surface area contributed by atoms with E-state index < -0.39 is 0 Å². The van der Waals surface area contributed by atoms with Gasteiger partial charge in [-0.25, -0.2) is 0 Å². The van der Waals surface area contributed by atoms with Gasteiger partial charge in [0.05, 0.1) is 11.3 Å². The van der Waals surface area contributed by atoms with Crippen LogP contribution < -0.4 is 16.6 Å². The summed E-state index contributed by atoms with van der Waals surface area (Å²) >= 11 is 0. The van der Waals surface area contributed by atoms with Crippen molar-refractivity contribution in [1.29, 1.82) is 0 Å². The molecule has 1 fully saturated rings. The summed E-state index contributed by atoms with van der Waals surface area (Å²) in [5, 5.41) is 2.94. The third-order valence-corrected chi connectivity index (χ3v) is 3.45. The fourth-order valence-electron chi connectivity index (χ4n) is 2.04. The number of nitrogen functional groups attached to an aromatic ring is 1. The van der Waals surface area contributed by atoms with Crippen molar-refractivity contribution in [2.75, 3.05) is 12.0 Å². The quantitative estimate of drug-likeness (QED) is 0.544. The van der Waals surface area contributed by atoms with Crippen LogP contribution in [0.3, 0.4) is 0 Å². The number of aromatic nitrogens is 1. The fraction of sp³-hybridized carbons (Fsp3) is 0.538. The number of nitrogens with zero attached hydrogens (tertiary/aromatic N) is 1. The maximum atomic E-state index is 12.0. The molecule has 4 N–H and O–H groups in total. The number of hydrazine groups is 1. The van der Waals surface area contributed by atoms with Gasteiger partial charge in [-0.15, -0.1) is 0 Å². The minimum atomic E-state index is -0.122. The van der Waals surface area contributed by atoms with Crippen molar-refractivity contribution in [3.63, 3.8) is 0 Å². The van der Waals surface area contributed by atoms with Crippen molar-refractivity contribution in [2.45, 2.75) is 26.7 Å². The average Bonchev–Trinajstić information content (AvgIpc) is 3.19. The van der Waals surface area contributed by atoms with Gasteiger partial charge in [0.2, 0.25) is 0 Å². The number of hydrogen-bond acceptors (Lipinski definition) is 4. The van der Waals surface area contributed by atoms with Crippen LogP contribution in [-0.4, -0.2) is 17.4 Å². The number of nitrogens with two attached hydrogens (primary N) is 1. The van der Waals surface area contributed by atoms with E-state index in [1.54, 1.807) is 12.3 Å². The third-order valence-electron chi connectivity index (χ3n) is 3.45. The van der Waals surface area contributed by atoms with Gasteiger partial charge in [-0.1, -0.05) is 6.92 Å². The third kappa shape index (κ3) is 2.98. The monoisotopic (exact) mass is 248 g/mol. The van der Waals surface area contributed by atoms with Gasteiger partial charge in [0, 0.05) is 18.4 Å². The first-order chi connectivity index (χ1) is 8.61. The summed E-state index contributed by atoms with van der Waals surface area (Å²) in [7, 11) is 0. The number of aryl methyl sites for hydroxylation is 1. The number of nitrogens with one attached hydrogen (secondary N) is 2. The molecule has 1 saturated carbocycles. The first kappa shape index (κ1) is 12.8. The van der Waals surface area contributed by atoms with Crippen molar-refractivity contribution in [3.8, 4) is 0 Å². The number of amides is 1. The molecule has 5 heteroatoms. The summed E-state index contributed by atoms with van der Waals surface area (Å²) in [6.45, 7) is 4.74. The lowest BCUT2D eigenvalue weighted by Gasteiger charge is -2.13. The molecule has 0 saturated heterocycles. The predicted octanol–water partition coefficient (Wildman–Crippen LogP) is 1.45. The molecule has 0 spiro atoms. The van der Waals surface area contributed by atoms with Crippen LogP contribution in [0.15, 0.2) is 12.3 Å². The molecule has 0 bridgehead atoms. The highest BCUT2D eigenvalue weighted by Gasteiger charge is 2.28. The van der Waals surface area contributed by atoms with E-state index >= 15 is 0 Å². The minimum absolute atomic E-state index is 0.122. The van der Waals surface area contributed by atoms with E-state index in [0.717, 1.165) is 11.6 Å². The molecule has 1 unspecified atom stereocenters. The zero-order chi connectivity index (χ0) is 13.1. The Morgan fingerprint density at radius 2 is 2.33 bits per heavy atom. The lowest BCUT2D eigenvalue weighted by Crippen LogP contribution is -2.30. The van der Waals surface area contributed by atoms with E-state index in [-0.39, 0.29) is 5.91 Å². The summed E-state index contributed by atoms with van der Waals surface area (Å²) in [5.41, 5.74) is 4.47. The average molecular weight is 248 g/mol. The van der Waals surface area contributed by atoms with Crippen molar-refractivity contribution < 1.29 is 4.79 Å². The van der Waals surface area contributed by atoms with Crippen LogP contribution in [0.4, 0.5) is 5.69 Å². The summed E-state index contributed by atoms with van der Waals surface area (Å²) < 4.78 is 0. The van der Waals surface area contributed by atoms with Crippen LogP contribution >= 0.6 is 0 Å². The van der Waals surface area contributed by atoms with Crippen molar-refractivity contribution >= 4 is 11.6 Å². The predicted molar refractivity (Wildman–Crippen MR) is 71.0 cm³/mol. The van der Waals surface area contributed by atoms with Gasteiger partial charge in [0.1, 0.15) is 0 Å². The normalized spacial score (nSPS) is 16.2. The smallest absolute Gasteiger partial charge is 0.255 e. The Labute approximate surface area is 107 Å². The molecule has 18 heavy (non-hydrogen) atoms.